The summed E-state index contributed by atoms with van der Waals surface area (Å²) in [5.74, 6) is 0.535. The molecule has 0 amide bonds. The molecule has 5 heteroatoms. The Kier molecular flexibility index (Phi) is 4.12. The molecule has 1 saturated heterocycles. The minimum atomic E-state index is -2.83. The lowest BCUT2D eigenvalue weighted by Gasteiger charge is -2.22. The van der Waals surface area contributed by atoms with Gasteiger partial charge in [0, 0.05) is 6.04 Å². The smallest absolute Gasteiger partial charge is 0.151 e. The average molecular weight is 209 g/mol. The van der Waals surface area contributed by atoms with Crippen LogP contribution in [0, 0.1) is 0 Å². The van der Waals surface area contributed by atoms with E-state index in [2.05, 4.69) is 5.32 Å². The van der Waals surface area contributed by atoms with Crippen molar-refractivity contribution in [1.82, 2.24) is 5.32 Å². The molecule has 0 spiro atoms. The van der Waals surface area contributed by atoms with Crippen LogP contribution in [0.25, 0.3) is 0 Å². The SMILES string of the molecule is O=S1(=O)CCCC(NCCCF)C1. The largest absolute Gasteiger partial charge is 0.313 e. The predicted octanol–water partition coefficient (Wildman–Crippen LogP) is 0.513. The second-order valence-corrected chi connectivity index (χ2v) is 5.68. The summed E-state index contributed by atoms with van der Waals surface area (Å²) in [5.41, 5.74) is 0. The van der Waals surface area contributed by atoms with E-state index in [0.717, 1.165) is 12.8 Å². The molecule has 78 valence electrons. The van der Waals surface area contributed by atoms with Gasteiger partial charge in [-0.2, -0.15) is 0 Å². The molecular weight excluding hydrogens is 193 g/mol. The van der Waals surface area contributed by atoms with Crippen molar-refractivity contribution in [2.24, 2.45) is 0 Å². The molecule has 0 radical (unpaired) electrons. The number of halogens is 1. The normalized spacial score (nSPS) is 27.3. The monoisotopic (exact) mass is 209 g/mol. The van der Waals surface area contributed by atoms with Crippen LogP contribution in [0.4, 0.5) is 4.39 Å². The lowest BCUT2D eigenvalue weighted by atomic mass is 10.2. The highest BCUT2D eigenvalue weighted by Crippen LogP contribution is 2.11. The third-order valence-electron chi connectivity index (χ3n) is 2.21. The van der Waals surface area contributed by atoms with Crippen LogP contribution >= 0.6 is 0 Å². The van der Waals surface area contributed by atoms with Gasteiger partial charge in [-0.25, -0.2) is 8.42 Å². The number of hydrogen-bond donors (Lipinski definition) is 1. The standard InChI is InChI=1S/C8H16FNO2S/c9-4-2-5-10-8-3-1-6-13(11,12)7-8/h8,10H,1-7H2. The number of sulfone groups is 1. The summed E-state index contributed by atoms with van der Waals surface area (Å²) in [6.45, 7) is 0.239. The topological polar surface area (TPSA) is 46.2 Å². The average Bonchev–Trinajstić information content (AvgIpc) is 2.03. The summed E-state index contributed by atoms with van der Waals surface area (Å²) < 4.78 is 34.1. The number of rotatable bonds is 4. The maximum Gasteiger partial charge on any atom is 0.151 e. The van der Waals surface area contributed by atoms with E-state index < -0.39 is 9.84 Å². The Balaban J connectivity index is 2.27. The van der Waals surface area contributed by atoms with Gasteiger partial charge in [0.05, 0.1) is 18.2 Å². The van der Waals surface area contributed by atoms with E-state index in [0.29, 0.717) is 18.7 Å². The Morgan fingerprint density at radius 2 is 2.23 bits per heavy atom. The quantitative estimate of drug-likeness (QED) is 0.686. The van der Waals surface area contributed by atoms with Crippen LogP contribution in [-0.4, -0.2) is 39.2 Å². The number of alkyl halides is 1. The Morgan fingerprint density at radius 3 is 2.85 bits per heavy atom. The minimum absolute atomic E-state index is 0.0466. The van der Waals surface area contributed by atoms with Crippen LogP contribution in [0.3, 0.4) is 0 Å². The van der Waals surface area contributed by atoms with Gasteiger partial charge in [-0.1, -0.05) is 0 Å². The summed E-state index contributed by atoms with van der Waals surface area (Å²) >= 11 is 0. The first-order chi connectivity index (χ1) is 6.14. The third kappa shape index (κ3) is 4.04. The second-order valence-electron chi connectivity index (χ2n) is 3.45. The highest BCUT2D eigenvalue weighted by molar-refractivity contribution is 7.91. The highest BCUT2D eigenvalue weighted by Gasteiger charge is 2.23. The molecule has 1 rings (SSSR count). The predicted molar refractivity (Wildman–Crippen MR) is 50.3 cm³/mol. The van der Waals surface area contributed by atoms with Gasteiger partial charge in [-0.05, 0) is 25.8 Å². The Labute approximate surface area is 78.6 Å². The fourth-order valence-corrected chi connectivity index (χ4v) is 3.23. The van der Waals surface area contributed by atoms with Crippen LogP contribution in [-0.2, 0) is 9.84 Å². The van der Waals surface area contributed by atoms with Crippen LogP contribution in [0.1, 0.15) is 19.3 Å². The third-order valence-corrected chi connectivity index (χ3v) is 4.03. The molecule has 1 fully saturated rings. The minimum Gasteiger partial charge on any atom is -0.313 e. The van der Waals surface area contributed by atoms with Crippen LogP contribution in [0.15, 0.2) is 0 Å². The van der Waals surface area contributed by atoms with Gasteiger partial charge in [0.25, 0.3) is 0 Å². The molecule has 0 bridgehead atoms. The van der Waals surface area contributed by atoms with Gasteiger partial charge in [-0.3, -0.25) is 4.39 Å². The number of nitrogens with one attached hydrogen (secondary N) is 1. The molecule has 1 unspecified atom stereocenters. The van der Waals surface area contributed by atoms with Crippen molar-refractivity contribution in [2.45, 2.75) is 25.3 Å². The van der Waals surface area contributed by atoms with Gasteiger partial charge in [0.15, 0.2) is 9.84 Å². The van der Waals surface area contributed by atoms with E-state index in [9.17, 15) is 12.8 Å². The highest BCUT2D eigenvalue weighted by atomic mass is 32.2. The fraction of sp³-hybridized carbons (Fsp3) is 1.00. The lowest BCUT2D eigenvalue weighted by molar-refractivity contribution is 0.428. The maximum atomic E-state index is 11.7. The van der Waals surface area contributed by atoms with E-state index in [1.807, 2.05) is 0 Å². The molecule has 0 aromatic carbocycles. The molecule has 1 aliphatic heterocycles. The van der Waals surface area contributed by atoms with Crippen molar-refractivity contribution in [2.75, 3.05) is 24.7 Å². The van der Waals surface area contributed by atoms with Crippen molar-refractivity contribution in [3.63, 3.8) is 0 Å². The van der Waals surface area contributed by atoms with Gasteiger partial charge >= 0.3 is 0 Å². The van der Waals surface area contributed by atoms with Crippen molar-refractivity contribution in [3.8, 4) is 0 Å². The van der Waals surface area contributed by atoms with E-state index in [1.54, 1.807) is 0 Å². The molecular formula is C8H16FNO2S. The van der Waals surface area contributed by atoms with E-state index >= 15 is 0 Å². The first-order valence-corrected chi connectivity index (χ1v) is 6.46. The van der Waals surface area contributed by atoms with Crippen molar-refractivity contribution >= 4 is 9.84 Å². The maximum absolute atomic E-state index is 11.7. The Hall–Kier alpha value is -0.160. The summed E-state index contributed by atoms with van der Waals surface area (Å²) in [7, 11) is -2.83. The zero-order valence-corrected chi connectivity index (χ0v) is 8.45. The first-order valence-electron chi connectivity index (χ1n) is 4.64. The molecule has 0 saturated carbocycles. The molecule has 1 atom stereocenters. The summed E-state index contributed by atoms with van der Waals surface area (Å²) in [4.78, 5) is 0. The lowest BCUT2D eigenvalue weighted by Crippen LogP contribution is -2.40. The fourth-order valence-electron chi connectivity index (χ4n) is 1.56. The van der Waals surface area contributed by atoms with E-state index in [1.165, 1.54) is 0 Å². The van der Waals surface area contributed by atoms with Crippen molar-refractivity contribution in [3.05, 3.63) is 0 Å². The van der Waals surface area contributed by atoms with Gasteiger partial charge < -0.3 is 5.32 Å². The molecule has 1 heterocycles. The van der Waals surface area contributed by atoms with Gasteiger partial charge in [0.2, 0.25) is 0 Å². The second kappa shape index (κ2) is 4.91. The molecule has 1 aliphatic rings. The molecule has 1 N–H and O–H groups in total. The van der Waals surface area contributed by atoms with Crippen LogP contribution in [0.5, 0.6) is 0 Å². The van der Waals surface area contributed by atoms with Crippen LogP contribution in [0.2, 0.25) is 0 Å². The Bertz CT molecular complexity index is 241. The number of hydrogen-bond acceptors (Lipinski definition) is 3. The molecule has 0 aliphatic carbocycles. The van der Waals surface area contributed by atoms with Crippen molar-refractivity contribution < 1.29 is 12.8 Å². The summed E-state index contributed by atoms with van der Waals surface area (Å²) in [5, 5.41) is 3.06. The summed E-state index contributed by atoms with van der Waals surface area (Å²) in [6.07, 6.45) is 2.09. The molecule has 0 aromatic rings. The van der Waals surface area contributed by atoms with E-state index in [-0.39, 0.29) is 18.5 Å². The zero-order valence-electron chi connectivity index (χ0n) is 7.63. The van der Waals surface area contributed by atoms with Gasteiger partial charge in [0.1, 0.15) is 0 Å². The molecule has 3 nitrogen and oxygen atoms in total. The van der Waals surface area contributed by atoms with E-state index in [4.69, 9.17) is 0 Å². The zero-order chi connectivity index (χ0) is 9.73. The van der Waals surface area contributed by atoms with Crippen LogP contribution < -0.4 is 5.32 Å². The van der Waals surface area contributed by atoms with Crippen molar-refractivity contribution in [1.29, 1.82) is 0 Å². The Morgan fingerprint density at radius 1 is 1.46 bits per heavy atom. The molecule has 0 aromatic heterocycles. The summed E-state index contributed by atoms with van der Waals surface area (Å²) in [6, 6.07) is 0.0466. The molecule has 13 heavy (non-hydrogen) atoms. The first kappa shape index (κ1) is 10.9. The van der Waals surface area contributed by atoms with Gasteiger partial charge in [-0.15, -0.1) is 0 Å².